The first kappa shape index (κ1) is 12.3. The molecule has 0 radical (unpaired) electrons. The van der Waals surface area contributed by atoms with E-state index in [0.717, 1.165) is 18.8 Å². The lowest BCUT2D eigenvalue weighted by atomic mass is 9.91. The van der Waals surface area contributed by atoms with Gasteiger partial charge in [-0.15, -0.1) is 0 Å². The maximum atomic E-state index is 6.17. The van der Waals surface area contributed by atoms with Crippen LogP contribution in [0, 0.1) is 5.92 Å². The fourth-order valence-corrected chi connectivity index (χ4v) is 3.10. The van der Waals surface area contributed by atoms with E-state index in [1.807, 2.05) is 11.8 Å². The number of ether oxygens (including phenoxy) is 1. The summed E-state index contributed by atoms with van der Waals surface area (Å²) in [5, 5.41) is 0. The number of nitrogens with two attached hydrogens (primary N) is 1. The van der Waals surface area contributed by atoms with E-state index in [4.69, 9.17) is 10.5 Å². The molecule has 1 fully saturated rings. The van der Waals surface area contributed by atoms with E-state index in [1.165, 1.54) is 17.9 Å². The average molecular weight is 217 g/mol. The molecule has 84 valence electrons. The van der Waals surface area contributed by atoms with Crippen molar-refractivity contribution >= 4 is 11.8 Å². The number of thioether (sulfide) groups is 1. The third-order valence-electron chi connectivity index (χ3n) is 3.20. The van der Waals surface area contributed by atoms with E-state index < -0.39 is 0 Å². The second kappa shape index (κ2) is 5.38. The lowest BCUT2D eigenvalue weighted by Gasteiger charge is -2.26. The molecule has 0 saturated carbocycles. The summed E-state index contributed by atoms with van der Waals surface area (Å²) in [6.07, 6.45) is 3.46. The van der Waals surface area contributed by atoms with Crippen molar-refractivity contribution in [2.45, 2.75) is 44.8 Å². The van der Waals surface area contributed by atoms with Gasteiger partial charge in [-0.25, -0.2) is 0 Å². The van der Waals surface area contributed by atoms with Crippen LogP contribution in [0.4, 0.5) is 0 Å². The van der Waals surface area contributed by atoms with Crippen molar-refractivity contribution in [2.24, 2.45) is 11.7 Å². The molecular weight excluding hydrogens is 194 g/mol. The summed E-state index contributed by atoms with van der Waals surface area (Å²) in [6.45, 7) is 4.26. The van der Waals surface area contributed by atoms with Gasteiger partial charge in [0.05, 0.1) is 5.60 Å². The monoisotopic (exact) mass is 217 g/mol. The standard InChI is InChI=1S/C11H23NOS/c1-11(2,13-3)6-4-10(12)9-5-7-14-8-9/h9-10H,4-8,12H2,1-3H3. The molecule has 1 aliphatic heterocycles. The fraction of sp³-hybridized carbons (Fsp3) is 1.00. The third-order valence-corrected chi connectivity index (χ3v) is 4.39. The lowest BCUT2D eigenvalue weighted by Crippen LogP contribution is -2.33. The summed E-state index contributed by atoms with van der Waals surface area (Å²) in [4.78, 5) is 0. The highest BCUT2D eigenvalue weighted by molar-refractivity contribution is 7.99. The number of hydrogen-bond donors (Lipinski definition) is 1. The predicted molar refractivity (Wildman–Crippen MR) is 63.7 cm³/mol. The molecule has 0 aromatic rings. The SMILES string of the molecule is COC(C)(C)CCC(N)C1CCSC1. The minimum Gasteiger partial charge on any atom is -0.379 e. The van der Waals surface area contributed by atoms with Crippen molar-refractivity contribution in [3.8, 4) is 0 Å². The molecule has 2 atom stereocenters. The molecule has 0 spiro atoms. The van der Waals surface area contributed by atoms with Crippen molar-refractivity contribution in [3.05, 3.63) is 0 Å². The Labute approximate surface area is 92.0 Å². The largest absolute Gasteiger partial charge is 0.379 e. The smallest absolute Gasteiger partial charge is 0.0623 e. The van der Waals surface area contributed by atoms with Crippen LogP contribution in [0.2, 0.25) is 0 Å². The summed E-state index contributed by atoms with van der Waals surface area (Å²) in [7, 11) is 1.77. The van der Waals surface area contributed by atoms with Crippen LogP contribution < -0.4 is 5.73 Å². The van der Waals surface area contributed by atoms with E-state index in [1.54, 1.807) is 7.11 Å². The van der Waals surface area contributed by atoms with Gasteiger partial charge in [0.1, 0.15) is 0 Å². The first-order valence-electron chi connectivity index (χ1n) is 5.43. The molecule has 2 unspecified atom stereocenters. The summed E-state index contributed by atoms with van der Waals surface area (Å²) >= 11 is 2.04. The Kier molecular flexibility index (Phi) is 4.74. The molecule has 0 aromatic heterocycles. The average Bonchev–Trinajstić information content (AvgIpc) is 2.67. The van der Waals surface area contributed by atoms with Gasteiger partial charge in [-0.1, -0.05) is 0 Å². The number of rotatable bonds is 5. The number of hydrogen-bond acceptors (Lipinski definition) is 3. The van der Waals surface area contributed by atoms with Crippen LogP contribution in [0.15, 0.2) is 0 Å². The Morgan fingerprint density at radius 2 is 2.29 bits per heavy atom. The Hall–Kier alpha value is 0.270. The number of methoxy groups -OCH3 is 1. The minimum atomic E-state index is -0.0105. The van der Waals surface area contributed by atoms with Crippen molar-refractivity contribution in [2.75, 3.05) is 18.6 Å². The van der Waals surface area contributed by atoms with Gasteiger partial charge in [0.2, 0.25) is 0 Å². The molecule has 0 bridgehead atoms. The quantitative estimate of drug-likeness (QED) is 0.767. The highest BCUT2D eigenvalue weighted by Gasteiger charge is 2.25. The molecule has 2 N–H and O–H groups in total. The highest BCUT2D eigenvalue weighted by atomic mass is 32.2. The second-order valence-corrected chi connectivity index (χ2v) is 5.94. The van der Waals surface area contributed by atoms with Crippen LogP contribution in [0.1, 0.15) is 33.1 Å². The molecule has 0 aliphatic carbocycles. The molecule has 0 aromatic carbocycles. The first-order valence-corrected chi connectivity index (χ1v) is 6.59. The summed E-state index contributed by atoms with van der Waals surface area (Å²) in [5.41, 5.74) is 6.16. The van der Waals surface area contributed by atoms with E-state index in [0.29, 0.717) is 6.04 Å². The summed E-state index contributed by atoms with van der Waals surface area (Å²) < 4.78 is 5.39. The maximum absolute atomic E-state index is 6.17. The van der Waals surface area contributed by atoms with Crippen LogP contribution in [-0.2, 0) is 4.74 Å². The zero-order chi connectivity index (χ0) is 10.6. The topological polar surface area (TPSA) is 35.2 Å². The summed E-state index contributed by atoms with van der Waals surface area (Å²) in [5.74, 6) is 3.30. The van der Waals surface area contributed by atoms with Crippen molar-refractivity contribution in [1.82, 2.24) is 0 Å². The zero-order valence-corrected chi connectivity index (χ0v) is 10.4. The normalized spacial score (nSPS) is 25.3. The molecule has 1 rings (SSSR count). The molecule has 1 aliphatic rings. The van der Waals surface area contributed by atoms with E-state index in [2.05, 4.69) is 13.8 Å². The molecule has 1 heterocycles. The van der Waals surface area contributed by atoms with E-state index in [-0.39, 0.29) is 5.60 Å². The van der Waals surface area contributed by atoms with Gasteiger partial charge >= 0.3 is 0 Å². The summed E-state index contributed by atoms with van der Waals surface area (Å²) in [6, 6.07) is 0.374. The Bertz CT molecular complexity index is 167. The third kappa shape index (κ3) is 3.79. The van der Waals surface area contributed by atoms with Gasteiger partial charge in [-0.2, -0.15) is 11.8 Å². The molecule has 0 amide bonds. The van der Waals surface area contributed by atoms with Crippen molar-refractivity contribution in [3.63, 3.8) is 0 Å². The zero-order valence-electron chi connectivity index (χ0n) is 9.58. The molecule has 14 heavy (non-hydrogen) atoms. The van der Waals surface area contributed by atoms with Gasteiger partial charge in [0.15, 0.2) is 0 Å². The van der Waals surface area contributed by atoms with Crippen LogP contribution >= 0.6 is 11.8 Å². The Balaban J connectivity index is 2.23. The van der Waals surface area contributed by atoms with Gasteiger partial charge in [-0.3, -0.25) is 0 Å². The molecule has 3 heteroatoms. The lowest BCUT2D eigenvalue weighted by molar-refractivity contribution is 0.0115. The predicted octanol–water partition coefficient (Wildman–Crippen LogP) is 2.27. The molecular formula is C11H23NOS. The van der Waals surface area contributed by atoms with E-state index in [9.17, 15) is 0 Å². The van der Waals surface area contributed by atoms with Gasteiger partial charge in [-0.05, 0) is 50.5 Å². The van der Waals surface area contributed by atoms with Crippen molar-refractivity contribution in [1.29, 1.82) is 0 Å². The van der Waals surface area contributed by atoms with Gasteiger partial charge in [0, 0.05) is 13.2 Å². The Morgan fingerprint density at radius 3 is 2.79 bits per heavy atom. The van der Waals surface area contributed by atoms with Crippen LogP contribution in [0.25, 0.3) is 0 Å². The van der Waals surface area contributed by atoms with E-state index >= 15 is 0 Å². The van der Waals surface area contributed by atoms with Crippen LogP contribution in [0.5, 0.6) is 0 Å². The second-order valence-electron chi connectivity index (χ2n) is 4.79. The maximum Gasteiger partial charge on any atom is 0.0623 e. The van der Waals surface area contributed by atoms with Gasteiger partial charge < -0.3 is 10.5 Å². The van der Waals surface area contributed by atoms with Crippen molar-refractivity contribution < 1.29 is 4.74 Å². The molecule has 1 saturated heterocycles. The van der Waals surface area contributed by atoms with Gasteiger partial charge in [0.25, 0.3) is 0 Å². The first-order chi connectivity index (χ1) is 6.55. The Morgan fingerprint density at radius 1 is 1.57 bits per heavy atom. The minimum absolute atomic E-state index is 0.0105. The fourth-order valence-electron chi connectivity index (χ4n) is 1.74. The van der Waals surface area contributed by atoms with Crippen LogP contribution in [-0.4, -0.2) is 30.3 Å². The van der Waals surface area contributed by atoms with Crippen LogP contribution in [0.3, 0.4) is 0 Å². The highest BCUT2D eigenvalue weighted by Crippen LogP contribution is 2.28. The molecule has 2 nitrogen and oxygen atoms in total.